The summed E-state index contributed by atoms with van der Waals surface area (Å²) in [5, 5.41) is 0. The van der Waals surface area contributed by atoms with Gasteiger partial charge in [-0.05, 0) is 49.1 Å². The van der Waals surface area contributed by atoms with Gasteiger partial charge in [-0.25, -0.2) is 13.1 Å². The molecule has 3 rings (SSSR count). The van der Waals surface area contributed by atoms with E-state index in [-0.39, 0.29) is 5.75 Å². The molecule has 1 aromatic carbocycles. The average molecular weight is 326 g/mol. The van der Waals surface area contributed by atoms with Gasteiger partial charge in [0.05, 0.1) is 5.75 Å². The maximum atomic E-state index is 12.1. The number of thioether (sulfide) groups is 1. The highest BCUT2D eigenvalue weighted by atomic mass is 32.2. The molecule has 2 fully saturated rings. The summed E-state index contributed by atoms with van der Waals surface area (Å²) in [7, 11) is -3.18. The summed E-state index contributed by atoms with van der Waals surface area (Å²) in [4.78, 5) is 0.948. The lowest BCUT2D eigenvalue weighted by molar-refractivity contribution is 0.432. The predicted octanol–water partition coefficient (Wildman–Crippen LogP) is 2.47. The van der Waals surface area contributed by atoms with Crippen molar-refractivity contribution in [2.75, 3.05) is 23.8 Å². The monoisotopic (exact) mass is 326 g/mol. The third-order valence-electron chi connectivity index (χ3n) is 4.51. The molecule has 1 aromatic rings. The van der Waals surface area contributed by atoms with Crippen LogP contribution in [0.5, 0.6) is 0 Å². The van der Waals surface area contributed by atoms with Crippen LogP contribution in [0, 0.1) is 11.3 Å². The highest BCUT2D eigenvalue weighted by Gasteiger charge is 2.53. The molecule has 0 bridgehead atoms. The molecule has 0 aromatic heterocycles. The Hall–Kier alpha value is -0.720. The lowest BCUT2D eigenvalue weighted by Crippen LogP contribution is -2.33. The van der Waals surface area contributed by atoms with Crippen molar-refractivity contribution >= 4 is 27.5 Å². The third kappa shape index (κ3) is 3.93. The minimum Gasteiger partial charge on any atom is -0.398 e. The van der Waals surface area contributed by atoms with Crippen LogP contribution in [0.3, 0.4) is 0 Å². The quantitative estimate of drug-likeness (QED) is 0.568. The fourth-order valence-corrected chi connectivity index (χ4v) is 5.28. The summed E-state index contributed by atoms with van der Waals surface area (Å²) in [5.74, 6) is 1.45. The molecular formula is C15H22N2O2S2. The van der Waals surface area contributed by atoms with Gasteiger partial charge >= 0.3 is 0 Å². The second-order valence-corrected chi connectivity index (χ2v) is 9.23. The standard InChI is InChI=1S/C15H22N2O2S2/c16-13-3-1-2-4-14(13)20-9-10-21(18,19)17-11-15(7-8-15)12-5-6-12/h1-4,12,17H,5-11,16H2. The molecule has 0 atom stereocenters. The van der Waals surface area contributed by atoms with Gasteiger partial charge in [0.15, 0.2) is 0 Å². The molecule has 0 amide bonds. The number of nitrogens with two attached hydrogens (primary N) is 1. The Bertz CT molecular complexity index is 608. The van der Waals surface area contributed by atoms with Crippen LogP contribution in [0.15, 0.2) is 29.2 Å². The molecule has 4 nitrogen and oxygen atoms in total. The van der Waals surface area contributed by atoms with Gasteiger partial charge in [0.2, 0.25) is 10.0 Å². The van der Waals surface area contributed by atoms with Crippen LogP contribution >= 0.6 is 11.8 Å². The molecule has 0 aliphatic heterocycles. The van der Waals surface area contributed by atoms with E-state index in [0.717, 1.165) is 10.8 Å². The van der Waals surface area contributed by atoms with Crippen LogP contribution in [0.1, 0.15) is 25.7 Å². The molecule has 21 heavy (non-hydrogen) atoms. The Morgan fingerprint density at radius 1 is 1.29 bits per heavy atom. The van der Waals surface area contributed by atoms with Crippen molar-refractivity contribution in [2.45, 2.75) is 30.6 Å². The summed E-state index contributed by atoms with van der Waals surface area (Å²) >= 11 is 1.50. The molecule has 2 saturated carbocycles. The molecule has 6 heteroatoms. The molecule has 0 saturated heterocycles. The van der Waals surface area contributed by atoms with Gasteiger partial charge in [0.25, 0.3) is 0 Å². The summed E-state index contributed by atoms with van der Waals surface area (Å²) in [6.07, 6.45) is 4.95. The Labute approximate surface area is 130 Å². The fraction of sp³-hybridized carbons (Fsp3) is 0.600. The summed E-state index contributed by atoms with van der Waals surface area (Å²) in [5.41, 5.74) is 6.87. The lowest BCUT2D eigenvalue weighted by Gasteiger charge is -2.15. The van der Waals surface area contributed by atoms with E-state index in [1.54, 1.807) is 0 Å². The van der Waals surface area contributed by atoms with Crippen molar-refractivity contribution in [1.82, 2.24) is 4.72 Å². The maximum Gasteiger partial charge on any atom is 0.212 e. The Morgan fingerprint density at radius 3 is 2.62 bits per heavy atom. The fourth-order valence-electron chi connectivity index (χ4n) is 2.78. The van der Waals surface area contributed by atoms with Crippen molar-refractivity contribution in [3.8, 4) is 0 Å². The van der Waals surface area contributed by atoms with Crippen LogP contribution in [0.25, 0.3) is 0 Å². The van der Waals surface area contributed by atoms with Crippen LogP contribution in [-0.2, 0) is 10.0 Å². The average Bonchev–Trinajstić information content (AvgIpc) is 3.31. The van der Waals surface area contributed by atoms with Gasteiger partial charge in [0, 0.05) is 22.9 Å². The maximum absolute atomic E-state index is 12.1. The molecule has 0 spiro atoms. The molecule has 0 radical (unpaired) electrons. The molecule has 2 aliphatic rings. The second-order valence-electron chi connectivity index (χ2n) is 6.16. The first-order valence-electron chi connectivity index (χ1n) is 7.45. The van der Waals surface area contributed by atoms with Crippen LogP contribution in [0.4, 0.5) is 5.69 Å². The Morgan fingerprint density at radius 2 is 2.00 bits per heavy atom. The van der Waals surface area contributed by atoms with Gasteiger partial charge < -0.3 is 5.73 Å². The number of hydrogen-bond acceptors (Lipinski definition) is 4. The molecular weight excluding hydrogens is 304 g/mol. The van der Waals surface area contributed by atoms with Crippen LogP contribution < -0.4 is 10.5 Å². The molecule has 116 valence electrons. The zero-order chi connectivity index (χ0) is 14.9. The van der Waals surface area contributed by atoms with Gasteiger partial charge in [-0.15, -0.1) is 11.8 Å². The van der Waals surface area contributed by atoms with E-state index >= 15 is 0 Å². The first kappa shape index (κ1) is 15.2. The summed E-state index contributed by atoms with van der Waals surface area (Å²) < 4.78 is 26.9. The zero-order valence-corrected chi connectivity index (χ0v) is 13.7. The van der Waals surface area contributed by atoms with Crippen molar-refractivity contribution in [3.05, 3.63) is 24.3 Å². The number of para-hydroxylation sites is 1. The summed E-state index contributed by atoms with van der Waals surface area (Å²) in [6.45, 7) is 0.637. The van der Waals surface area contributed by atoms with Crippen molar-refractivity contribution in [3.63, 3.8) is 0 Å². The first-order valence-corrected chi connectivity index (χ1v) is 10.1. The highest BCUT2D eigenvalue weighted by molar-refractivity contribution is 8.00. The Kier molecular flexibility index (Phi) is 4.21. The minimum atomic E-state index is -3.18. The predicted molar refractivity (Wildman–Crippen MR) is 87.8 cm³/mol. The summed E-state index contributed by atoms with van der Waals surface area (Å²) in [6, 6.07) is 7.55. The van der Waals surface area contributed by atoms with E-state index < -0.39 is 10.0 Å². The number of hydrogen-bond donors (Lipinski definition) is 2. The highest BCUT2D eigenvalue weighted by Crippen LogP contribution is 2.60. The van der Waals surface area contributed by atoms with E-state index in [1.165, 1.54) is 37.4 Å². The lowest BCUT2D eigenvalue weighted by atomic mass is 10.0. The van der Waals surface area contributed by atoms with E-state index in [9.17, 15) is 8.42 Å². The normalized spacial score (nSPS) is 20.4. The topological polar surface area (TPSA) is 72.2 Å². The Balaban J connectivity index is 1.44. The van der Waals surface area contributed by atoms with Gasteiger partial charge in [0.1, 0.15) is 0 Å². The number of nitrogen functional groups attached to an aromatic ring is 1. The molecule has 0 unspecified atom stereocenters. The van der Waals surface area contributed by atoms with Gasteiger partial charge in [-0.1, -0.05) is 12.1 Å². The number of nitrogens with one attached hydrogen (secondary N) is 1. The molecule has 3 N–H and O–H groups in total. The zero-order valence-electron chi connectivity index (χ0n) is 12.0. The van der Waals surface area contributed by atoms with Crippen molar-refractivity contribution in [2.24, 2.45) is 11.3 Å². The van der Waals surface area contributed by atoms with Crippen LogP contribution in [-0.4, -0.2) is 26.5 Å². The number of sulfonamides is 1. The number of benzene rings is 1. The SMILES string of the molecule is Nc1ccccc1SCCS(=O)(=O)NCC1(C2CC2)CC1. The van der Waals surface area contributed by atoms with E-state index in [0.29, 0.717) is 23.4 Å². The van der Waals surface area contributed by atoms with Crippen LogP contribution in [0.2, 0.25) is 0 Å². The van der Waals surface area contributed by atoms with E-state index in [1.807, 2.05) is 24.3 Å². The third-order valence-corrected chi connectivity index (χ3v) is 7.18. The van der Waals surface area contributed by atoms with Crippen molar-refractivity contribution in [1.29, 1.82) is 0 Å². The largest absolute Gasteiger partial charge is 0.398 e. The van der Waals surface area contributed by atoms with Gasteiger partial charge in [-0.2, -0.15) is 0 Å². The smallest absolute Gasteiger partial charge is 0.212 e. The van der Waals surface area contributed by atoms with E-state index in [2.05, 4.69) is 4.72 Å². The molecule has 2 aliphatic carbocycles. The molecule has 0 heterocycles. The first-order chi connectivity index (χ1) is 10.0. The van der Waals surface area contributed by atoms with Crippen molar-refractivity contribution < 1.29 is 8.42 Å². The number of rotatable bonds is 8. The number of anilines is 1. The van der Waals surface area contributed by atoms with Gasteiger partial charge in [-0.3, -0.25) is 0 Å². The second kappa shape index (κ2) is 5.82. The minimum absolute atomic E-state index is 0.146. The van der Waals surface area contributed by atoms with E-state index in [4.69, 9.17) is 5.73 Å².